The molecule has 4 nitrogen and oxygen atoms in total. The van der Waals surface area contributed by atoms with E-state index in [0.29, 0.717) is 17.2 Å². The van der Waals surface area contributed by atoms with Crippen LogP contribution in [0.2, 0.25) is 0 Å². The Bertz CT molecular complexity index is 907. The lowest BCUT2D eigenvalue weighted by molar-refractivity contribution is 0.102. The topological polar surface area (TPSA) is 55.1 Å². The molecule has 1 N–H and O–H groups in total. The molecular weight excluding hydrogens is 288 g/mol. The predicted octanol–water partition coefficient (Wildman–Crippen LogP) is 4.57. The third kappa shape index (κ3) is 2.61. The second kappa shape index (κ2) is 5.23. The van der Waals surface area contributed by atoms with Crippen LogP contribution in [0, 0.1) is 13.8 Å². The molecule has 116 valence electrons. The molecule has 1 fully saturated rings. The summed E-state index contributed by atoms with van der Waals surface area (Å²) in [6.45, 7) is 3.80. The lowest BCUT2D eigenvalue weighted by Crippen LogP contribution is -2.12. The van der Waals surface area contributed by atoms with Gasteiger partial charge in [0.2, 0.25) is 0 Å². The van der Waals surface area contributed by atoms with Gasteiger partial charge in [0.15, 0.2) is 0 Å². The summed E-state index contributed by atoms with van der Waals surface area (Å²) in [5.41, 5.74) is 3.23. The van der Waals surface area contributed by atoms with Crippen LogP contribution in [0.5, 0.6) is 0 Å². The molecule has 0 spiro atoms. The van der Waals surface area contributed by atoms with E-state index in [1.807, 2.05) is 50.2 Å². The summed E-state index contributed by atoms with van der Waals surface area (Å²) in [6, 6.07) is 11.6. The van der Waals surface area contributed by atoms with Gasteiger partial charge < -0.3 is 9.73 Å². The molecule has 3 aromatic rings. The molecule has 0 unspecified atom stereocenters. The summed E-state index contributed by atoms with van der Waals surface area (Å²) in [6.07, 6.45) is 2.31. The quantitative estimate of drug-likeness (QED) is 0.771. The smallest absolute Gasteiger partial charge is 0.259 e. The average molecular weight is 306 g/mol. The van der Waals surface area contributed by atoms with Gasteiger partial charge in [-0.15, -0.1) is 0 Å². The third-order valence-corrected chi connectivity index (χ3v) is 4.28. The summed E-state index contributed by atoms with van der Waals surface area (Å²) in [5, 5.41) is 3.94. The maximum absolute atomic E-state index is 12.6. The molecule has 4 rings (SSSR count). The van der Waals surface area contributed by atoms with Gasteiger partial charge in [-0.1, -0.05) is 6.07 Å². The molecule has 1 aromatic carbocycles. The van der Waals surface area contributed by atoms with E-state index in [-0.39, 0.29) is 5.91 Å². The van der Waals surface area contributed by atoms with E-state index >= 15 is 0 Å². The Morgan fingerprint density at radius 1 is 1.22 bits per heavy atom. The van der Waals surface area contributed by atoms with Gasteiger partial charge in [0.1, 0.15) is 11.5 Å². The van der Waals surface area contributed by atoms with E-state index in [1.165, 1.54) is 0 Å². The number of amides is 1. The second-order valence-electron chi connectivity index (χ2n) is 6.17. The molecule has 0 aliphatic heterocycles. The minimum atomic E-state index is -0.133. The molecule has 0 radical (unpaired) electrons. The molecule has 4 heteroatoms. The van der Waals surface area contributed by atoms with E-state index < -0.39 is 0 Å². The standard InChI is InChI=1S/C19H18N2O2/c1-11-6-9-14-16(20-11)4-3-5-17(14)21-19(22)15-10-18(13-7-8-13)23-12(15)2/h3-6,9-10,13H,7-8H2,1-2H3,(H,21,22). The number of carbonyl (C=O) groups excluding carboxylic acids is 1. The maximum atomic E-state index is 12.6. The first kappa shape index (κ1) is 14.0. The monoisotopic (exact) mass is 306 g/mol. The summed E-state index contributed by atoms with van der Waals surface area (Å²) in [4.78, 5) is 17.1. The minimum Gasteiger partial charge on any atom is -0.465 e. The summed E-state index contributed by atoms with van der Waals surface area (Å²) >= 11 is 0. The first-order valence-corrected chi connectivity index (χ1v) is 7.90. The fourth-order valence-corrected chi connectivity index (χ4v) is 2.86. The fraction of sp³-hybridized carbons (Fsp3) is 0.263. The number of carbonyl (C=O) groups is 1. The number of nitrogens with zero attached hydrogens (tertiary/aromatic N) is 1. The van der Waals surface area contributed by atoms with Crippen molar-refractivity contribution in [1.82, 2.24) is 4.98 Å². The minimum absolute atomic E-state index is 0.133. The highest BCUT2D eigenvalue weighted by Crippen LogP contribution is 2.41. The average Bonchev–Trinajstić information content (AvgIpc) is 3.30. The third-order valence-electron chi connectivity index (χ3n) is 4.28. The molecular formula is C19H18N2O2. The summed E-state index contributed by atoms with van der Waals surface area (Å²) < 4.78 is 5.73. The molecule has 0 atom stereocenters. The van der Waals surface area contributed by atoms with Crippen LogP contribution in [0.1, 0.15) is 46.3 Å². The zero-order valence-corrected chi connectivity index (χ0v) is 13.2. The van der Waals surface area contributed by atoms with Crippen LogP contribution in [-0.2, 0) is 0 Å². The molecule has 1 amide bonds. The molecule has 23 heavy (non-hydrogen) atoms. The van der Waals surface area contributed by atoms with Gasteiger partial charge in [0.05, 0.1) is 16.8 Å². The van der Waals surface area contributed by atoms with E-state index in [9.17, 15) is 4.79 Å². The second-order valence-corrected chi connectivity index (χ2v) is 6.17. The molecule has 0 bridgehead atoms. The van der Waals surface area contributed by atoms with Crippen molar-refractivity contribution in [3.05, 3.63) is 59.2 Å². The van der Waals surface area contributed by atoms with Crippen molar-refractivity contribution in [2.75, 3.05) is 5.32 Å². The van der Waals surface area contributed by atoms with Gasteiger partial charge in [-0.05, 0) is 57.0 Å². The normalized spacial score (nSPS) is 14.2. The van der Waals surface area contributed by atoms with E-state index in [0.717, 1.165) is 40.9 Å². The van der Waals surface area contributed by atoms with E-state index in [2.05, 4.69) is 10.3 Å². The van der Waals surface area contributed by atoms with Crippen LogP contribution in [0.4, 0.5) is 5.69 Å². The SMILES string of the molecule is Cc1ccc2c(NC(=O)c3cc(C4CC4)oc3C)cccc2n1. The highest BCUT2D eigenvalue weighted by atomic mass is 16.3. The first-order chi connectivity index (χ1) is 11.1. The highest BCUT2D eigenvalue weighted by molar-refractivity contribution is 6.09. The van der Waals surface area contributed by atoms with Gasteiger partial charge in [-0.25, -0.2) is 0 Å². The van der Waals surface area contributed by atoms with Crippen LogP contribution < -0.4 is 5.32 Å². The van der Waals surface area contributed by atoms with Crippen molar-refractivity contribution in [1.29, 1.82) is 0 Å². The molecule has 0 saturated heterocycles. The Morgan fingerprint density at radius 3 is 2.83 bits per heavy atom. The number of nitrogens with one attached hydrogen (secondary N) is 1. The van der Waals surface area contributed by atoms with E-state index in [1.54, 1.807) is 0 Å². The summed E-state index contributed by atoms with van der Waals surface area (Å²) in [5.74, 6) is 1.98. The van der Waals surface area contributed by atoms with Gasteiger partial charge in [-0.2, -0.15) is 0 Å². The maximum Gasteiger partial charge on any atom is 0.259 e. The molecule has 1 aliphatic carbocycles. The van der Waals surface area contributed by atoms with E-state index in [4.69, 9.17) is 4.42 Å². The van der Waals surface area contributed by atoms with Crippen LogP contribution >= 0.6 is 0 Å². The Labute approximate surface area is 134 Å². The van der Waals surface area contributed by atoms with Gasteiger partial charge in [0.25, 0.3) is 5.91 Å². The lowest BCUT2D eigenvalue weighted by atomic mass is 10.1. The van der Waals surface area contributed by atoms with Crippen LogP contribution in [0.3, 0.4) is 0 Å². The van der Waals surface area contributed by atoms with Crippen molar-refractivity contribution in [3.63, 3.8) is 0 Å². The molecule has 1 saturated carbocycles. The van der Waals surface area contributed by atoms with Gasteiger partial charge in [0, 0.05) is 17.0 Å². The molecule has 2 aromatic heterocycles. The van der Waals surface area contributed by atoms with Gasteiger partial charge >= 0.3 is 0 Å². The Balaban J connectivity index is 1.66. The fourth-order valence-electron chi connectivity index (χ4n) is 2.86. The predicted molar refractivity (Wildman–Crippen MR) is 89.9 cm³/mol. The zero-order chi connectivity index (χ0) is 16.0. The zero-order valence-electron chi connectivity index (χ0n) is 13.2. The Hall–Kier alpha value is -2.62. The van der Waals surface area contributed by atoms with Crippen LogP contribution in [0.25, 0.3) is 10.9 Å². The molecule has 2 heterocycles. The molecule has 1 aliphatic rings. The largest absolute Gasteiger partial charge is 0.465 e. The summed E-state index contributed by atoms with van der Waals surface area (Å²) in [7, 11) is 0. The first-order valence-electron chi connectivity index (χ1n) is 7.90. The van der Waals surface area contributed by atoms with Crippen LogP contribution in [0.15, 0.2) is 40.8 Å². The number of furan rings is 1. The Morgan fingerprint density at radius 2 is 2.04 bits per heavy atom. The lowest BCUT2D eigenvalue weighted by Gasteiger charge is -2.08. The number of anilines is 1. The van der Waals surface area contributed by atoms with Crippen molar-refractivity contribution in [3.8, 4) is 0 Å². The van der Waals surface area contributed by atoms with Crippen molar-refractivity contribution in [2.45, 2.75) is 32.6 Å². The number of fused-ring (bicyclic) bond motifs is 1. The number of rotatable bonds is 3. The van der Waals surface area contributed by atoms with Crippen molar-refractivity contribution >= 4 is 22.5 Å². The van der Waals surface area contributed by atoms with Crippen molar-refractivity contribution < 1.29 is 9.21 Å². The van der Waals surface area contributed by atoms with Crippen molar-refractivity contribution in [2.24, 2.45) is 0 Å². The number of pyridine rings is 1. The van der Waals surface area contributed by atoms with Crippen LogP contribution in [-0.4, -0.2) is 10.9 Å². The number of hydrogen-bond acceptors (Lipinski definition) is 3. The number of aryl methyl sites for hydroxylation is 2. The highest BCUT2D eigenvalue weighted by Gasteiger charge is 2.29. The van der Waals surface area contributed by atoms with Gasteiger partial charge in [-0.3, -0.25) is 9.78 Å². The number of aromatic nitrogens is 1. The number of benzene rings is 1. The number of hydrogen-bond donors (Lipinski definition) is 1. The Kier molecular flexibility index (Phi) is 3.18.